The SMILES string of the molecule is CNS(=O)(=O)c1ccc(N2CCC[C@@H]2C(F)(F)F)c(Nc2ncnc3ccc(Cl)cc23)c1.O=C(O)C(F)(F)F. The van der Waals surface area contributed by atoms with Crippen molar-refractivity contribution in [2.75, 3.05) is 23.8 Å². The quantitative estimate of drug-likeness (QED) is 0.346. The molecular weight excluding hydrogens is 580 g/mol. The fraction of sp³-hybridized carbons (Fsp3) is 0.318. The molecule has 1 aliphatic rings. The predicted molar refractivity (Wildman–Crippen MR) is 131 cm³/mol. The largest absolute Gasteiger partial charge is 0.490 e. The highest BCUT2D eigenvalue weighted by molar-refractivity contribution is 7.89. The van der Waals surface area contributed by atoms with Gasteiger partial charge in [-0.1, -0.05) is 11.6 Å². The average molecular weight is 600 g/mol. The molecule has 0 bridgehead atoms. The van der Waals surface area contributed by atoms with Crippen LogP contribution in [0.25, 0.3) is 10.9 Å². The van der Waals surface area contributed by atoms with Crippen molar-refractivity contribution in [3.8, 4) is 0 Å². The van der Waals surface area contributed by atoms with Gasteiger partial charge in [-0.3, -0.25) is 0 Å². The van der Waals surface area contributed by atoms with Crippen molar-refractivity contribution >= 4 is 55.7 Å². The van der Waals surface area contributed by atoms with Crippen LogP contribution < -0.4 is 14.9 Å². The minimum atomic E-state index is -5.08. The molecule has 4 rings (SSSR count). The maximum absolute atomic E-state index is 13.6. The van der Waals surface area contributed by atoms with Gasteiger partial charge in [0.1, 0.15) is 18.2 Å². The van der Waals surface area contributed by atoms with E-state index in [1.54, 1.807) is 18.2 Å². The van der Waals surface area contributed by atoms with Crippen molar-refractivity contribution in [1.82, 2.24) is 14.7 Å². The number of halogens is 7. The lowest BCUT2D eigenvalue weighted by atomic mass is 10.1. The molecule has 0 spiro atoms. The van der Waals surface area contributed by atoms with E-state index in [0.29, 0.717) is 28.2 Å². The predicted octanol–water partition coefficient (Wildman–Crippen LogP) is 5.10. The van der Waals surface area contributed by atoms with Crippen LogP contribution in [0.2, 0.25) is 5.02 Å². The molecule has 1 aromatic heterocycles. The third kappa shape index (κ3) is 7.19. The molecule has 1 fully saturated rings. The van der Waals surface area contributed by atoms with E-state index in [-0.39, 0.29) is 29.2 Å². The lowest BCUT2D eigenvalue weighted by molar-refractivity contribution is -0.192. The molecule has 0 amide bonds. The zero-order chi connectivity index (χ0) is 29.2. The van der Waals surface area contributed by atoms with E-state index in [1.165, 1.54) is 36.5 Å². The number of nitrogens with zero attached hydrogens (tertiary/aromatic N) is 3. The van der Waals surface area contributed by atoms with E-state index in [9.17, 15) is 34.8 Å². The summed E-state index contributed by atoms with van der Waals surface area (Å²) in [6, 6.07) is 7.27. The normalized spacial score (nSPS) is 16.1. The number of hydrogen-bond donors (Lipinski definition) is 3. The number of fused-ring (bicyclic) bond motifs is 1. The number of alkyl halides is 6. The van der Waals surface area contributed by atoms with E-state index >= 15 is 0 Å². The number of nitrogens with one attached hydrogen (secondary N) is 2. The summed E-state index contributed by atoms with van der Waals surface area (Å²) in [6.07, 6.45) is -7.86. The molecule has 2 heterocycles. The Morgan fingerprint density at radius 1 is 1.10 bits per heavy atom. The van der Waals surface area contributed by atoms with E-state index in [0.717, 1.165) is 0 Å². The lowest BCUT2D eigenvalue weighted by Gasteiger charge is -2.30. The third-order valence-corrected chi connectivity index (χ3v) is 7.23. The van der Waals surface area contributed by atoms with Crippen LogP contribution >= 0.6 is 11.6 Å². The fourth-order valence-electron chi connectivity index (χ4n) is 3.80. The topological polar surface area (TPSA) is 125 Å². The third-order valence-electron chi connectivity index (χ3n) is 5.58. The van der Waals surface area contributed by atoms with Crippen molar-refractivity contribution in [2.24, 2.45) is 0 Å². The van der Waals surface area contributed by atoms with Gasteiger partial charge < -0.3 is 15.3 Å². The second kappa shape index (κ2) is 11.4. The molecule has 3 N–H and O–H groups in total. The van der Waals surface area contributed by atoms with Crippen molar-refractivity contribution in [1.29, 1.82) is 0 Å². The summed E-state index contributed by atoms with van der Waals surface area (Å²) in [7, 11) is -2.57. The van der Waals surface area contributed by atoms with Gasteiger partial charge in [-0.25, -0.2) is 27.9 Å². The van der Waals surface area contributed by atoms with Crippen LogP contribution in [0.3, 0.4) is 0 Å². The monoisotopic (exact) mass is 599 g/mol. The molecule has 0 saturated carbocycles. The molecule has 1 saturated heterocycles. The molecule has 0 radical (unpaired) electrons. The molecule has 39 heavy (non-hydrogen) atoms. The molecule has 0 aliphatic carbocycles. The van der Waals surface area contributed by atoms with Gasteiger partial charge in [-0.05, 0) is 56.3 Å². The number of benzene rings is 2. The van der Waals surface area contributed by atoms with Gasteiger partial charge in [-0.2, -0.15) is 26.3 Å². The first-order valence-electron chi connectivity index (χ1n) is 10.9. The van der Waals surface area contributed by atoms with Gasteiger partial charge in [0.05, 0.1) is 21.8 Å². The Morgan fingerprint density at radius 3 is 2.36 bits per heavy atom. The van der Waals surface area contributed by atoms with Crippen LogP contribution in [-0.2, 0) is 14.8 Å². The highest BCUT2D eigenvalue weighted by atomic mass is 35.5. The number of carbonyl (C=O) groups is 1. The van der Waals surface area contributed by atoms with Crippen LogP contribution in [-0.4, -0.2) is 61.4 Å². The van der Waals surface area contributed by atoms with Crippen LogP contribution in [0.1, 0.15) is 12.8 Å². The number of rotatable bonds is 5. The van der Waals surface area contributed by atoms with Gasteiger partial charge in [0.2, 0.25) is 10.0 Å². The summed E-state index contributed by atoms with van der Waals surface area (Å²) >= 11 is 6.10. The molecule has 212 valence electrons. The summed E-state index contributed by atoms with van der Waals surface area (Å²) < 4.78 is 99.5. The first kappa shape index (κ1) is 30.2. The Morgan fingerprint density at radius 2 is 1.77 bits per heavy atom. The van der Waals surface area contributed by atoms with Gasteiger partial charge in [0, 0.05) is 17.0 Å². The summed E-state index contributed by atoms with van der Waals surface area (Å²) in [5.74, 6) is -2.46. The van der Waals surface area contributed by atoms with Gasteiger partial charge in [0.25, 0.3) is 0 Å². The molecular formula is C22H20ClF6N5O4S. The number of carboxylic acids is 1. The maximum atomic E-state index is 13.6. The van der Waals surface area contributed by atoms with Crippen molar-refractivity contribution in [3.05, 3.63) is 47.7 Å². The highest BCUT2D eigenvalue weighted by Gasteiger charge is 2.46. The maximum Gasteiger partial charge on any atom is 0.490 e. The van der Waals surface area contributed by atoms with E-state index in [1.807, 2.05) is 0 Å². The van der Waals surface area contributed by atoms with E-state index in [2.05, 4.69) is 20.0 Å². The number of anilines is 3. The molecule has 1 aliphatic heterocycles. The lowest BCUT2D eigenvalue weighted by Crippen LogP contribution is -2.41. The number of aliphatic carboxylic acids is 1. The molecule has 9 nitrogen and oxygen atoms in total. The summed E-state index contributed by atoms with van der Waals surface area (Å²) in [5, 5.41) is 11.1. The summed E-state index contributed by atoms with van der Waals surface area (Å²) in [6.45, 7) is 0.188. The fourth-order valence-corrected chi connectivity index (χ4v) is 4.73. The zero-order valence-electron chi connectivity index (χ0n) is 19.8. The minimum absolute atomic E-state index is 0.0362. The summed E-state index contributed by atoms with van der Waals surface area (Å²) in [4.78, 5) is 18.4. The summed E-state index contributed by atoms with van der Waals surface area (Å²) in [5.41, 5.74) is 0.980. The molecule has 2 aromatic carbocycles. The van der Waals surface area contributed by atoms with Crippen LogP contribution in [0.4, 0.5) is 43.5 Å². The smallest absolute Gasteiger partial charge is 0.475 e. The number of hydrogen-bond acceptors (Lipinski definition) is 7. The van der Waals surface area contributed by atoms with Crippen molar-refractivity contribution in [2.45, 2.75) is 36.1 Å². The second-order valence-electron chi connectivity index (χ2n) is 8.09. The van der Waals surface area contributed by atoms with Crippen molar-refractivity contribution < 1.29 is 44.7 Å². The minimum Gasteiger partial charge on any atom is -0.475 e. The molecule has 1 atom stereocenters. The average Bonchev–Trinajstić information content (AvgIpc) is 3.35. The number of carboxylic acid groups (broad SMARTS) is 1. The molecule has 3 aromatic rings. The second-order valence-corrected chi connectivity index (χ2v) is 10.4. The Hall–Kier alpha value is -3.37. The van der Waals surface area contributed by atoms with Gasteiger partial charge >= 0.3 is 18.3 Å². The van der Waals surface area contributed by atoms with E-state index in [4.69, 9.17) is 21.5 Å². The standard InChI is InChI=1S/C20H19ClF3N5O2S.C2HF3O2/c1-25-32(30,31)13-5-7-17(29-8-2-3-18(29)20(22,23)24)16(10-13)28-19-14-9-12(21)4-6-15(14)26-11-27-19;3-2(4,5)1(6)7/h4-7,9-11,18,25H,2-3,8H2,1H3,(H,26,27,28);(H,6,7)/t18-;/m1./s1. The van der Waals surface area contributed by atoms with E-state index < -0.39 is 34.4 Å². The first-order valence-corrected chi connectivity index (χ1v) is 12.8. The first-order chi connectivity index (χ1) is 18.0. The number of sulfonamides is 1. The van der Waals surface area contributed by atoms with Gasteiger partial charge in [0.15, 0.2) is 0 Å². The Balaban J connectivity index is 0.000000532. The Labute approximate surface area is 222 Å². The Bertz CT molecular complexity index is 1470. The zero-order valence-corrected chi connectivity index (χ0v) is 21.4. The van der Waals surface area contributed by atoms with Crippen LogP contribution in [0, 0.1) is 0 Å². The van der Waals surface area contributed by atoms with Crippen molar-refractivity contribution in [3.63, 3.8) is 0 Å². The number of aromatic nitrogens is 2. The highest BCUT2D eigenvalue weighted by Crippen LogP contribution is 2.41. The van der Waals surface area contributed by atoms with Gasteiger partial charge in [-0.15, -0.1) is 0 Å². The Kier molecular flexibility index (Phi) is 8.82. The molecule has 17 heteroatoms. The van der Waals surface area contributed by atoms with Crippen LogP contribution in [0.5, 0.6) is 0 Å². The van der Waals surface area contributed by atoms with Crippen LogP contribution in [0.15, 0.2) is 47.6 Å². The molecule has 0 unspecified atom stereocenters.